The average Bonchev–Trinajstić information content (AvgIpc) is 2.55. The minimum Gasteiger partial charge on any atom is -0.471 e. The van der Waals surface area contributed by atoms with E-state index in [1.54, 1.807) is 0 Å². The molecule has 24 heavy (non-hydrogen) atoms. The summed E-state index contributed by atoms with van der Waals surface area (Å²) in [5.41, 5.74) is 0.237. The molecule has 1 fully saturated rings. The highest BCUT2D eigenvalue weighted by molar-refractivity contribution is 5.94. The molecule has 1 saturated heterocycles. The van der Waals surface area contributed by atoms with E-state index in [0.29, 0.717) is 12.5 Å². The van der Waals surface area contributed by atoms with Crippen molar-refractivity contribution in [1.82, 2.24) is 15.6 Å². The molecule has 134 valence electrons. The molecular formula is C15H19F4N3O2. The first-order valence-electron chi connectivity index (χ1n) is 7.56. The Balaban J connectivity index is 1.90. The van der Waals surface area contributed by atoms with Gasteiger partial charge >= 0.3 is 12.3 Å². The normalized spacial score (nSPS) is 21.6. The fourth-order valence-electron chi connectivity index (χ4n) is 2.27. The molecule has 9 heteroatoms. The molecule has 5 nitrogen and oxygen atoms in total. The Morgan fingerprint density at radius 2 is 2.25 bits per heavy atom. The number of aromatic nitrogens is 1. The van der Waals surface area contributed by atoms with Crippen LogP contribution >= 0.6 is 0 Å². The van der Waals surface area contributed by atoms with Gasteiger partial charge in [0, 0.05) is 24.8 Å². The predicted molar refractivity (Wildman–Crippen MR) is 78.6 cm³/mol. The first-order valence-corrected chi connectivity index (χ1v) is 7.56. The van der Waals surface area contributed by atoms with Crippen LogP contribution in [0.5, 0.6) is 5.88 Å². The van der Waals surface area contributed by atoms with Gasteiger partial charge in [-0.25, -0.2) is 13.8 Å². The highest BCUT2D eigenvalue weighted by atomic mass is 19.3. The molecule has 2 heterocycles. The molecule has 1 aliphatic rings. The Hall–Kier alpha value is -1.90. The Morgan fingerprint density at radius 3 is 2.83 bits per heavy atom. The van der Waals surface area contributed by atoms with Gasteiger partial charge in [-0.3, -0.25) is 4.79 Å². The molecule has 0 saturated carbocycles. The van der Waals surface area contributed by atoms with Crippen molar-refractivity contribution in [2.75, 3.05) is 19.7 Å². The van der Waals surface area contributed by atoms with Gasteiger partial charge in [0.25, 0.3) is 5.91 Å². The molecular weight excluding hydrogens is 330 g/mol. The van der Waals surface area contributed by atoms with Crippen LogP contribution in [0.4, 0.5) is 17.6 Å². The van der Waals surface area contributed by atoms with Crippen molar-refractivity contribution in [3.8, 4) is 5.88 Å². The van der Waals surface area contributed by atoms with Gasteiger partial charge in [-0.05, 0) is 24.9 Å². The quantitative estimate of drug-likeness (QED) is 0.772. The third kappa shape index (κ3) is 4.80. The molecule has 0 aromatic carbocycles. The van der Waals surface area contributed by atoms with Crippen molar-refractivity contribution in [2.45, 2.75) is 31.7 Å². The van der Waals surface area contributed by atoms with Gasteiger partial charge in [-0.15, -0.1) is 0 Å². The van der Waals surface area contributed by atoms with E-state index >= 15 is 0 Å². The van der Waals surface area contributed by atoms with Gasteiger partial charge in [0.05, 0.1) is 5.56 Å². The number of pyridine rings is 1. The molecule has 2 atom stereocenters. The standard InChI is InChI=1S/C15H19F4N3O2/c1-9-4-5-20-7-11(9)22-13(23)10-2-3-12(21-6-10)24-8-15(18,19)14(16)17/h2-3,6,9,11,14,20H,4-5,7-8H2,1H3,(H,22,23). The molecule has 0 radical (unpaired) electrons. The molecule has 1 amide bonds. The second kappa shape index (κ2) is 7.78. The van der Waals surface area contributed by atoms with E-state index < -0.39 is 19.0 Å². The summed E-state index contributed by atoms with van der Waals surface area (Å²) >= 11 is 0. The van der Waals surface area contributed by atoms with Crippen LogP contribution in [0, 0.1) is 5.92 Å². The highest BCUT2D eigenvalue weighted by Gasteiger charge is 2.41. The topological polar surface area (TPSA) is 63.2 Å². The molecule has 1 aromatic heterocycles. The van der Waals surface area contributed by atoms with Crippen LogP contribution in [-0.2, 0) is 0 Å². The Morgan fingerprint density at radius 1 is 1.50 bits per heavy atom. The fourth-order valence-corrected chi connectivity index (χ4v) is 2.27. The summed E-state index contributed by atoms with van der Waals surface area (Å²) in [6.45, 7) is 2.15. The maximum absolute atomic E-state index is 12.8. The summed E-state index contributed by atoms with van der Waals surface area (Å²) in [6.07, 6.45) is -1.70. The predicted octanol–water partition coefficient (Wildman–Crippen LogP) is 2.09. The van der Waals surface area contributed by atoms with Crippen molar-refractivity contribution in [3.63, 3.8) is 0 Å². The number of hydrogen-bond donors (Lipinski definition) is 2. The van der Waals surface area contributed by atoms with Gasteiger partial charge < -0.3 is 15.4 Å². The monoisotopic (exact) mass is 349 g/mol. The fraction of sp³-hybridized carbons (Fsp3) is 0.600. The van der Waals surface area contributed by atoms with Crippen LogP contribution in [0.3, 0.4) is 0 Å². The van der Waals surface area contributed by atoms with Crippen LogP contribution in [0.15, 0.2) is 18.3 Å². The SMILES string of the molecule is CC1CCNCC1NC(=O)c1ccc(OCC(F)(F)C(F)F)nc1. The summed E-state index contributed by atoms with van der Waals surface area (Å²) in [7, 11) is 0. The summed E-state index contributed by atoms with van der Waals surface area (Å²) in [5, 5.41) is 6.06. The number of carbonyl (C=O) groups excluding carboxylic acids is 1. The lowest BCUT2D eigenvalue weighted by atomic mass is 9.94. The summed E-state index contributed by atoms with van der Waals surface area (Å²) in [5.74, 6) is -4.50. The summed E-state index contributed by atoms with van der Waals surface area (Å²) in [6, 6.07) is 2.53. The second-order valence-electron chi connectivity index (χ2n) is 5.79. The largest absolute Gasteiger partial charge is 0.471 e. The number of carbonyl (C=O) groups is 1. The van der Waals surface area contributed by atoms with Gasteiger partial charge in [-0.2, -0.15) is 8.78 Å². The lowest BCUT2D eigenvalue weighted by molar-refractivity contribution is -0.148. The molecule has 1 aromatic rings. The average molecular weight is 349 g/mol. The first-order chi connectivity index (χ1) is 11.3. The van der Waals surface area contributed by atoms with E-state index in [0.717, 1.165) is 19.2 Å². The first kappa shape index (κ1) is 18.4. The Kier molecular flexibility index (Phi) is 5.98. The van der Waals surface area contributed by atoms with E-state index in [1.165, 1.54) is 12.1 Å². The van der Waals surface area contributed by atoms with Crippen LogP contribution in [0.2, 0.25) is 0 Å². The number of amides is 1. The molecule has 0 aliphatic carbocycles. The van der Waals surface area contributed by atoms with Crippen LogP contribution in [0.25, 0.3) is 0 Å². The van der Waals surface area contributed by atoms with Gasteiger partial charge in [0.2, 0.25) is 5.88 Å². The maximum atomic E-state index is 12.8. The van der Waals surface area contributed by atoms with E-state index in [-0.39, 0.29) is 23.4 Å². The lowest BCUT2D eigenvalue weighted by Gasteiger charge is -2.30. The minimum absolute atomic E-state index is 0.00749. The number of nitrogens with zero attached hydrogens (tertiary/aromatic N) is 1. The summed E-state index contributed by atoms with van der Waals surface area (Å²) < 4.78 is 54.1. The lowest BCUT2D eigenvalue weighted by Crippen LogP contribution is -2.50. The van der Waals surface area contributed by atoms with E-state index in [2.05, 4.69) is 20.4 Å². The van der Waals surface area contributed by atoms with Gasteiger partial charge in [-0.1, -0.05) is 6.92 Å². The van der Waals surface area contributed by atoms with Crippen molar-refractivity contribution >= 4 is 5.91 Å². The maximum Gasteiger partial charge on any atom is 0.340 e. The molecule has 2 unspecified atom stereocenters. The van der Waals surface area contributed by atoms with Crippen molar-refractivity contribution in [2.24, 2.45) is 5.92 Å². The van der Waals surface area contributed by atoms with Crippen LogP contribution < -0.4 is 15.4 Å². The van der Waals surface area contributed by atoms with E-state index in [4.69, 9.17) is 0 Å². The van der Waals surface area contributed by atoms with Crippen LogP contribution in [-0.4, -0.2) is 49.0 Å². The third-order valence-electron chi connectivity index (χ3n) is 3.87. The molecule has 1 aliphatic heterocycles. The smallest absolute Gasteiger partial charge is 0.340 e. The van der Waals surface area contributed by atoms with E-state index in [9.17, 15) is 22.4 Å². The number of nitrogens with one attached hydrogen (secondary N) is 2. The second-order valence-corrected chi connectivity index (χ2v) is 5.79. The molecule has 2 N–H and O–H groups in total. The zero-order valence-electron chi connectivity index (χ0n) is 13.1. The number of alkyl halides is 4. The van der Waals surface area contributed by atoms with Gasteiger partial charge in [0.1, 0.15) is 0 Å². The van der Waals surface area contributed by atoms with Crippen molar-refractivity contribution in [1.29, 1.82) is 0 Å². The van der Waals surface area contributed by atoms with Crippen molar-refractivity contribution in [3.05, 3.63) is 23.9 Å². The Labute approximate surface area is 136 Å². The zero-order valence-corrected chi connectivity index (χ0v) is 13.1. The number of piperidine rings is 1. The van der Waals surface area contributed by atoms with Gasteiger partial charge in [0.15, 0.2) is 6.61 Å². The molecule has 0 bridgehead atoms. The highest BCUT2D eigenvalue weighted by Crippen LogP contribution is 2.23. The zero-order chi connectivity index (χ0) is 17.7. The molecule has 2 rings (SSSR count). The number of ether oxygens (including phenoxy) is 1. The van der Waals surface area contributed by atoms with Crippen LogP contribution in [0.1, 0.15) is 23.7 Å². The minimum atomic E-state index is -4.25. The molecule has 0 spiro atoms. The van der Waals surface area contributed by atoms with Crippen molar-refractivity contribution < 1.29 is 27.1 Å². The Bertz CT molecular complexity index is 554. The van der Waals surface area contributed by atoms with E-state index in [1.807, 2.05) is 6.92 Å². The number of hydrogen-bond acceptors (Lipinski definition) is 4. The number of rotatable bonds is 6. The summed E-state index contributed by atoms with van der Waals surface area (Å²) in [4.78, 5) is 15.8. The third-order valence-corrected chi connectivity index (χ3v) is 3.87. The number of halogens is 4.